The molecule has 0 saturated heterocycles. The van der Waals surface area contributed by atoms with Crippen molar-refractivity contribution in [3.63, 3.8) is 0 Å². The van der Waals surface area contributed by atoms with Gasteiger partial charge in [-0.3, -0.25) is 9.52 Å². The zero-order valence-electron chi connectivity index (χ0n) is 18.1. The van der Waals surface area contributed by atoms with Crippen LogP contribution in [0.4, 0.5) is 5.69 Å². The molecule has 0 aliphatic carbocycles. The fraction of sp³-hybridized carbons (Fsp3) is 0.435. The minimum Gasteiger partial charge on any atom is -0.352 e. The number of amides is 1. The van der Waals surface area contributed by atoms with E-state index in [4.69, 9.17) is 11.6 Å². The highest BCUT2D eigenvalue weighted by Gasteiger charge is 2.21. The Morgan fingerprint density at radius 1 is 1.13 bits per heavy atom. The van der Waals surface area contributed by atoms with E-state index in [0.717, 1.165) is 36.8 Å². The lowest BCUT2D eigenvalue weighted by molar-refractivity contribution is 0.0945. The third kappa shape index (κ3) is 6.22. The van der Waals surface area contributed by atoms with Gasteiger partial charge in [-0.05, 0) is 61.6 Å². The Balaban J connectivity index is 2.21. The third-order valence-electron chi connectivity index (χ3n) is 5.43. The molecule has 2 aromatic carbocycles. The van der Waals surface area contributed by atoms with Gasteiger partial charge in [-0.25, -0.2) is 8.42 Å². The van der Waals surface area contributed by atoms with Gasteiger partial charge in [-0.15, -0.1) is 0 Å². The zero-order chi connectivity index (χ0) is 22.3. The van der Waals surface area contributed by atoms with E-state index in [2.05, 4.69) is 23.9 Å². The first-order valence-electron chi connectivity index (χ1n) is 10.4. The van der Waals surface area contributed by atoms with Crippen molar-refractivity contribution in [1.82, 2.24) is 5.32 Å². The second kappa shape index (κ2) is 10.8. The molecule has 2 aromatic rings. The maximum atomic E-state index is 13.0. The first-order chi connectivity index (χ1) is 14.2. The molecule has 1 amide bonds. The molecule has 2 rings (SSSR count). The Kier molecular flexibility index (Phi) is 8.74. The predicted octanol–water partition coefficient (Wildman–Crippen LogP) is 5.70. The molecular formula is C23H31ClN2O3S. The fourth-order valence-electron chi connectivity index (χ4n) is 3.19. The smallest absolute Gasteiger partial charge is 0.263 e. The molecule has 5 nitrogen and oxygen atoms in total. The standard InChI is InChI=1S/C23H31ClN2O3S/c1-5-7-10-18(6-2)15-25-23(27)19-12-13-20(24)22(14-19)30(28,29)26-21-11-8-9-16(3)17(21)4/h8-9,11-14,18,26H,5-7,10,15H2,1-4H3,(H,25,27)/t18-/m1/s1. The molecule has 0 aliphatic heterocycles. The number of aryl methyl sites for hydroxylation is 1. The summed E-state index contributed by atoms with van der Waals surface area (Å²) in [4.78, 5) is 12.5. The second-order valence-corrected chi connectivity index (χ2v) is 9.68. The van der Waals surface area contributed by atoms with Gasteiger partial charge in [0.1, 0.15) is 4.90 Å². The summed E-state index contributed by atoms with van der Waals surface area (Å²) in [6, 6.07) is 9.72. The van der Waals surface area contributed by atoms with Crippen molar-refractivity contribution in [2.24, 2.45) is 5.92 Å². The molecular weight excluding hydrogens is 420 g/mol. The average Bonchev–Trinajstić information content (AvgIpc) is 2.71. The number of benzene rings is 2. The Hall–Kier alpha value is -2.05. The van der Waals surface area contributed by atoms with Gasteiger partial charge < -0.3 is 5.32 Å². The molecule has 164 valence electrons. The zero-order valence-corrected chi connectivity index (χ0v) is 19.7. The van der Waals surface area contributed by atoms with Crippen molar-refractivity contribution in [3.8, 4) is 0 Å². The van der Waals surface area contributed by atoms with Crippen molar-refractivity contribution in [3.05, 3.63) is 58.1 Å². The topological polar surface area (TPSA) is 75.3 Å². The monoisotopic (exact) mass is 450 g/mol. The van der Waals surface area contributed by atoms with Crippen molar-refractivity contribution in [2.45, 2.75) is 58.3 Å². The molecule has 1 atom stereocenters. The fourth-order valence-corrected chi connectivity index (χ4v) is 4.84. The Morgan fingerprint density at radius 3 is 2.53 bits per heavy atom. The predicted molar refractivity (Wildman–Crippen MR) is 124 cm³/mol. The number of halogens is 1. The van der Waals surface area contributed by atoms with Crippen molar-refractivity contribution >= 4 is 33.2 Å². The first kappa shape index (κ1) is 24.2. The number of unbranched alkanes of at least 4 members (excludes halogenated alkanes) is 1. The number of carbonyl (C=O) groups is 1. The molecule has 0 unspecified atom stereocenters. The highest BCUT2D eigenvalue weighted by atomic mass is 35.5. The summed E-state index contributed by atoms with van der Waals surface area (Å²) in [6.45, 7) is 8.59. The van der Waals surface area contributed by atoms with E-state index in [1.807, 2.05) is 19.9 Å². The molecule has 2 N–H and O–H groups in total. The quantitative estimate of drug-likeness (QED) is 0.487. The van der Waals surface area contributed by atoms with Crippen LogP contribution in [0.1, 0.15) is 61.0 Å². The molecule has 0 aliphatic rings. The summed E-state index contributed by atoms with van der Waals surface area (Å²) >= 11 is 6.18. The van der Waals surface area contributed by atoms with E-state index in [-0.39, 0.29) is 21.4 Å². The summed E-state index contributed by atoms with van der Waals surface area (Å²) in [5.74, 6) is 0.111. The number of carbonyl (C=O) groups excluding carboxylic acids is 1. The van der Waals surface area contributed by atoms with Gasteiger partial charge >= 0.3 is 0 Å². The van der Waals surface area contributed by atoms with E-state index in [1.165, 1.54) is 12.1 Å². The lowest BCUT2D eigenvalue weighted by atomic mass is 9.99. The van der Waals surface area contributed by atoms with Crippen LogP contribution >= 0.6 is 11.6 Å². The molecule has 0 spiro atoms. The van der Waals surface area contributed by atoms with Crippen LogP contribution in [0.25, 0.3) is 0 Å². The summed E-state index contributed by atoms with van der Waals surface area (Å²) in [5, 5.41) is 2.99. The van der Waals surface area contributed by atoms with E-state index in [9.17, 15) is 13.2 Å². The van der Waals surface area contributed by atoms with Crippen LogP contribution in [0.15, 0.2) is 41.3 Å². The highest BCUT2D eigenvalue weighted by Crippen LogP contribution is 2.27. The number of hydrogen-bond acceptors (Lipinski definition) is 3. The normalized spacial score (nSPS) is 12.4. The highest BCUT2D eigenvalue weighted by molar-refractivity contribution is 7.92. The van der Waals surface area contributed by atoms with Crippen LogP contribution in [0, 0.1) is 19.8 Å². The molecule has 0 radical (unpaired) electrons. The van der Waals surface area contributed by atoms with E-state index < -0.39 is 10.0 Å². The lowest BCUT2D eigenvalue weighted by Gasteiger charge is -2.16. The van der Waals surface area contributed by atoms with Crippen molar-refractivity contribution in [2.75, 3.05) is 11.3 Å². The van der Waals surface area contributed by atoms with Crippen LogP contribution in [0.5, 0.6) is 0 Å². The van der Waals surface area contributed by atoms with Gasteiger partial charge in [0.25, 0.3) is 15.9 Å². The summed E-state index contributed by atoms with van der Waals surface area (Å²) < 4.78 is 28.5. The molecule has 0 bridgehead atoms. The van der Waals surface area contributed by atoms with Gasteiger partial charge in [-0.1, -0.05) is 56.8 Å². The molecule has 7 heteroatoms. The van der Waals surface area contributed by atoms with E-state index in [0.29, 0.717) is 18.2 Å². The maximum Gasteiger partial charge on any atom is 0.263 e. The van der Waals surface area contributed by atoms with Crippen LogP contribution in [-0.2, 0) is 10.0 Å². The molecule has 0 fully saturated rings. The first-order valence-corrected chi connectivity index (χ1v) is 12.2. The molecule has 0 aromatic heterocycles. The third-order valence-corrected chi connectivity index (χ3v) is 7.27. The largest absolute Gasteiger partial charge is 0.352 e. The Bertz CT molecular complexity index is 990. The SMILES string of the molecule is CCCC[C@@H](CC)CNC(=O)c1ccc(Cl)c(S(=O)(=O)Nc2cccc(C)c2C)c1. The van der Waals surface area contributed by atoms with Crippen LogP contribution in [0.3, 0.4) is 0 Å². The Morgan fingerprint density at radius 2 is 1.87 bits per heavy atom. The van der Waals surface area contributed by atoms with Gasteiger partial charge in [0.15, 0.2) is 0 Å². The number of anilines is 1. The summed E-state index contributed by atoms with van der Waals surface area (Å²) in [7, 11) is -3.95. The number of nitrogens with one attached hydrogen (secondary N) is 2. The lowest BCUT2D eigenvalue weighted by Crippen LogP contribution is -2.29. The van der Waals surface area contributed by atoms with E-state index in [1.54, 1.807) is 18.2 Å². The maximum absolute atomic E-state index is 13.0. The van der Waals surface area contributed by atoms with Crippen LogP contribution in [-0.4, -0.2) is 20.9 Å². The Labute approximate surface area is 185 Å². The molecule has 30 heavy (non-hydrogen) atoms. The summed E-state index contributed by atoms with van der Waals surface area (Å²) in [5.41, 5.74) is 2.57. The van der Waals surface area contributed by atoms with Crippen LogP contribution in [0.2, 0.25) is 5.02 Å². The number of hydrogen-bond donors (Lipinski definition) is 2. The van der Waals surface area contributed by atoms with Crippen molar-refractivity contribution < 1.29 is 13.2 Å². The van der Waals surface area contributed by atoms with E-state index >= 15 is 0 Å². The minimum atomic E-state index is -3.95. The molecule has 0 heterocycles. The second-order valence-electron chi connectivity index (χ2n) is 7.62. The molecule has 0 saturated carbocycles. The average molecular weight is 451 g/mol. The van der Waals surface area contributed by atoms with Gasteiger partial charge in [0, 0.05) is 12.1 Å². The van der Waals surface area contributed by atoms with Gasteiger partial charge in [0.2, 0.25) is 0 Å². The number of rotatable bonds is 10. The van der Waals surface area contributed by atoms with Gasteiger partial charge in [-0.2, -0.15) is 0 Å². The van der Waals surface area contributed by atoms with Gasteiger partial charge in [0.05, 0.1) is 10.7 Å². The van der Waals surface area contributed by atoms with Crippen molar-refractivity contribution in [1.29, 1.82) is 0 Å². The van der Waals surface area contributed by atoms with Crippen LogP contribution < -0.4 is 10.0 Å². The summed E-state index contributed by atoms with van der Waals surface area (Å²) in [6.07, 6.45) is 4.30. The number of sulfonamides is 1. The minimum absolute atomic E-state index is 0.0683.